The van der Waals surface area contributed by atoms with Gasteiger partial charge >= 0.3 is 6.18 Å². The van der Waals surface area contributed by atoms with Crippen molar-refractivity contribution in [2.75, 3.05) is 26.3 Å². The molecule has 1 amide bonds. The van der Waals surface area contributed by atoms with Gasteiger partial charge in [-0.3, -0.25) is 4.79 Å². The molecule has 0 spiro atoms. The second kappa shape index (κ2) is 9.25. The molecule has 0 radical (unpaired) electrons. The smallest absolute Gasteiger partial charge is 0.381 e. The Morgan fingerprint density at radius 1 is 1.29 bits per heavy atom. The van der Waals surface area contributed by atoms with Gasteiger partial charge in [-0.05, 0) is 25.7 Å². The fraction of sp³-hybridized carbons (Fsp3) is 0.929. The van der Waals surface area contributed by atoms with Crippen molar-refractivity contribution in [3.8, 4) is 0 Å². The van der Waals surface area contributed by atoms with Crippen LogP contribution >= 0.6 is 0 Å². The molecular formula is C14H25F3N2O2. The Kier molecular flexibility index (Phi) is 8.03. The largest absolute Gasteiger partial charge is 0.393 e. The van der Waals surface area contributed by atoms with Crippen LogP contribution in [0.15, 0.2) is 0 Å². The zero-order chi connectivity index (χ0) is 15.7. The molecule has 0 bridgehead atoms. The molecule has 0 aromatic carbocycles. The summed E-state index contributed by atoms with van der Waals surface area (Å²) < 4.78 is 42.8. The molecule has 1 aliphatic heterocycles. The highest BCUT2D eigenvalue weighted by Crippen LogP contribution is 2.31. The summed E-state index contributed by atoms with van der Waals surface area (Å²) in [7, 11) is 0. The Morgan fingerprint density at radius 3 is 2.57 bits per heavy atom. The Hall–Kier alpha value is -0.820. The number of hydrogen-bond acceptors (Lipinski definition) is 3. The monoisotopic (exact) mass is 310 g/mol. The molecule has 4 nitrogen and oxygen atoms in total. The third-order valence-electron chi connectivity index (χ3n) is 3.60. The van der Waals surface area contributed by atoms with Gasteiger partial charge in [-0.1, -0.05) is 13.3 Å². The first-order valence-electron chi connectivity index (χ1n) is 7.60. The molecule has 1 aliphatic rings. The van der Waals surface area contributed by atoms with Gasteiger partial charge in [-0.25, -0.2) is 0 Å². The third-order valence-corrected chi connectivity index (χ3v) is 3.60. The zero-order valence-corrected chi connectivity index (χ0v) is 12.5. The van der Waals surface area contributed by atoms with Crippen LogP contribution in [-0.2, 0) is 9.53 Å². The number of halogens is 3. The predicted octanol–water partition coefficient (Wildman–Crippen LogP) is 2.24. The van der Waals surface area contributed by atoms with E-state index < -0.39 is 18.1 Å². The van der Waals surface area contributed by atoms with Gasteiger partial charge in [0.1, 0.15) is 0 Å². The van der Waals surface area contributed by atoms with E-state index in [4.69, 9.17) is 4.74 Å². The summed E-state index contributed by atoms with van der Waals surface area (Å²) in [6, 6.07) is -0.510. The second-order valence-electron chi connectivity index (χ2n) is 5.39. The number of carbonyl (C=O) groups is 1. The highest BCUT2D eigenvalue weighted by atomic mass is 19.4. The number of amides is 1. The van der Waals surface area contributed by atoms with Gasteiger partial charge in [0.25, 0.3) is 0 Å². The van der Waals surface area contributed by atoms with Crippen molar-refractivity contribution < 1.29 is 22.7 Å². The molecule has 1 heterocycles. The maximum Gasteiger partial charge on any atom is 0.393 e. The van der Waals surface area contributed by atoms with Crippen molar-refractivity contribution in [3.05, 3.63) is 0 Å². The highest BCUT2D eigenvalue weighted by Gasteiger charge is 2.42. The van der Waals surface area contributed by atoms with Crippen molar-refractivity contribution in [2.45, 2.75) is 51.2 Å². The van der Waals surface area contributed by atoms with Crippen molar-refractivity contribution in [2.24, 2.45) is 5.92 Å². The average molecular weight is 310 g/mol. The Morgan fingerprint density at radius 2 is 2.00 bits per heavy atom. The standard InChI is InChI=1S/C14H25F3N2O2/c1-2-3-8-21-9-4-7-18-13(20)12-6-5-11(10-19-12)14(15,16)17/h11-12,19H,2-10H2,1H3,(H,18,20). The molecule has 0 aromatic rings. The van der Waals surface area contributed by atoms with Crippen LogP contribution in [0.1, 0.15) is 39.0 Å². The number of rotatable bonds is 8. The molecule has 7 heteroatoms. The minimum Gasteiger partial charge on any atom is -0.381 e. The van der Waals surface area contributed by atoms with Crippen LogP contribution in [0.4, 0.5) is 13.2 Å². The van der Waals surface area contributed by atoms with Crippen LogP contribution in [0.2, 0.25) is 0 Å². The lowest BCUT2D eigenvalue weighted by Crippen LogP contribution is -2.51. The van der Waals surface area contributed by atoms with Gasteiger partial charge in [0.2, 0.25) is 5.91 Å². The summed E-state index contributed by atoms with van der Waals surface area (Å²) in [5.74, 6) is -1.56. The molecular weight excluding hydrogens is 285 g/mol. The SMILES string of the molecule is CCCCOCCCNC(=O)C1CCC(C(F)(F)F)CN1. The number of carbonyl (C=O) groups excluding carboxylic acids is 1. The lowest BCUT2D eigenvalue weighted by molar-refractivity contribution is -0.180. The molecule has 1 rings (SSSR count). The zero-order valence-electron chi connectivity index (χ0n) is 12.5. The fourth-order valence-corrected chi connectivity index (χ4v) is 2.22. The van der Waals surface area contributed by atoms with Gasteiger partial charge in [0.05, 0.1) is 12.0 Å². The van der Waals surface area contributed by atoms with Crippen molar-refractivity contribution in [1.29, 1.82) is 0 Å². The lowest BCUT2D eigenvalue weighted by Gasteiger charge is -2.30. The number of unbranched alkanes of at least 4 members (excludes halogenated alkanes) is 1. The topological polar surface area (TPSA) is 50.4 Å². The van der Waals surface area contributed by atoms with Crippen LogP contribution in [0.5, 0.6) is 0 Å². The van der Waals surface area contributed by atoms with Crippen molar-refractivity contribution >= 4 is 5.91 Å². The molecule has 2 atom stereocenters. The maximum atomic E-state index is 12.5. The molecule has 1 saturated heterocycles. The van der Waals surface area contributed by atoms with E-state index in [-0.39, 0.29) is 25.3 Å². The first-order valence-corrected chi connectivity index (χ1v) is 7.60. The third kappa shape index (κ3) is 7.13. The molecule has 0 saturated carbocycles. The molecule has 2 N–H and O–H groups in total. The number of nitrogens with one attached hydrogen (secondary N) is 2. The fourth-order valence-electron chi connectivity index (χ4n) is 2.22. The summed E-state index contributed by atoms with van der Waals surface area (Å²) >= 11 is 0. The number of ether oxygens (including phenoxy) is 1. The van der Waals surface area contributed by atoms with E-state index >= 15 is 0 Å². The predicted molar refractivity (Wildman–Crippen MR) is 73.9 cm³/mol. The van der Waals surface area contributed by atoms with E-state index in [0.29, 0.717) is 19.6 Å². The first kappa shape index (κ1) is 18.2. The Labute approximate surface area is 123 Å². The molecule has 0 aromatic heterocycles. The van der Waals surface area contributed by atoms with Crippen LogP contribution in [0, 0.1) is 5.92 Å². The summed E-state index contributed by atoms with van der Waals surface area (Å²) in [5, 5.41) is 5.42. The summed E-state index contributed by atoms with van der Waals surface area (Å²) in [6.45, 7) is 3.72. The quantitative estimate of drug-likeness (QED) is 0.676. The van der Waals surface area contributed by atoms with E-state index in [9.17, 15) is 18.0 Å². The van der Waals surface area contributed by atoms with Gasteiger partial charge in [-0.15, -0.1) is 0 Å². The lowest BCUT2D eigenvalue weighted by atomic mass is 9.94. The van der Waals surface area contributed by atoms with Crippen molar-refractivity contribution in [3.63, 3.8) is 0 Å². The second-order valence-corrected chi connectivity index (χ2v) is 5.39. The molecule has 0 aliphatic carbocycles. The van der Waals surface area contributed by atoms with E-state index in [2.05, 4.69) is 17.6 Å². The van der Waals surface area contributed by atoms with Gasteiger partial charge in [0.15, 0.2) is 0 Å². The number of piperidine rings is 1. The van der Waals surface area contributed by atoms with Crippen molar-refractivity contribution in [1.82, 2.24) is 10.6 Å². The van der Waals surface area contributed by atoms with E-state index in [1.165, 1.54) is 0 Å². The van der Waals surface area contributed by atoms with Crippen LogP contribution < -0.4 is 10.6 Å². The van der Waals surface area contributed by atoms with E-state index in [1.54, 1.807) is 0 Å². The summed E-state index contributed by atoms with van der Waals surface area (Å²) in [4.78, 5) is 11.8. The maximum absolute atomic E-state index is 12.5. The van der Waals surface area contributed by atoms with Gasteiger partial charge < -0.3 is 15.4 Å². The Balaban J connectivity index is 2.09. The van der Waals surface area contributed by atoms with E-state index in [0.717, 1.165) is 19.4 Å². The van der Waals surface area contributed by atoms with Gasteiger partial charge in [-0.2, -0.15) is 13.2 Å². The highest BCUT2D eigenvalue weighted by molar-refractivity contribution is 5.81. The van der Waals surface area contributed by atoms with E-state index in [1.807, 2.05) is 0 Å². The molecule has 124 valence electrons. The minimum absolute atomic E-state index is 0.00865. The molecule has 1 fully saturated rings. The first-order chi connectivity index (χ1) is 9.95. The number of hydrogen-bond donors (Lipinski definition) is 2. The van der Waals surface area contributed by atoms with Gasteiger partial charge in [0, 0.05) is 26.3 Å². The van der Waals surface area contributed by atoms with Crippen LogP contribution in [0.25, 0.3) is 0 Å². The normalized spacial score (nSPS) is 23.0. The molecule has 2 unspecified atom stereocenters. The molecule has 21 heavy (non-hydrogen) atoms. The minimum atomic E-state index is -4.18. The summed E-state index contributed by atoms with van der Waals surface area (Å²) in [6.07, 6.45) is -1.11. The Bertz CT molecular complexity index is 303. The average Bonchev–Trinajstić information content (AvgIpc) is 2.45. The van der Waals surface area contributed by atoms with Crippen LogP contribution in [-0.4, -0.2) is 44.4 Å². The summed E-state index contributed by atoms with van der Waals surface area (Å²) in [5.41, 5.74) is 0. The van der Waals surface area contributed by atoms with Crippen LogP contribution in [0.3, 0.4) is 0 Å². The number of alkyl halides is 3.